The Balaban J connectivity index is 2.41. The largest absolute Gasteiger partial charge is 0.472 e. The van der Waals surface area contributed by atoms with Crippen molar-refractivity contribution in [2.75, 3.05) is 0 Å². The third kappa shape index (κ3) is 2.07. The summed E-state index contributed by atoms with van der Waals surface area (Å²) in [6.07, 6.45) is 3.34. The third-order valence-electron chi connectivity index (χ3n) is 2.54. The van der Waals surface area contributed by atoms with Crippen LogP contribution in [0.5, 0.6) is 0 Å². The first-order chi connectivity index (χ1) is 7.18. The maximum Gasteiger partial charge on any atom is 0.0952 e. The normalized spacial score (nSPS) is 12.7. The molecular formula is C13H13ClO. The highest BCUT2D eigenvalue weighted by molar-refractivity contribution is 6.22. The third-order valence-corrected chi connectivity index (χ3v) is 3.03. The van der Waals surface area contributed by atoms with Gasteiger partial charge in [-0.3, -0.25) is 0 Å². The smallest absolute Gasteiger partial charge is 0.0952 e. The van der Waals surface area contributed by atoms with Crippen LogP contribution in [0.25, 0.3) is 0 Å². The van der Waals surface area contributed by atoms with Gasteiger partial charge in [-0.15, -0.1) is 11.6 Å². The fourth-order valence-electron chi connectivity index (χ4n) is 1.63. The standard InChI is InChI=1S/C13H13ClO/c1-9-3-4-10(2)12(7-9)13(14)11-5-6-15-8-11/h3-8,13H,1-2H3. The molecule has 1 aromatic heterocycles. The molecule has 0 saturated carbocycles. The number of furan rings is 1. The van der Waals surface area contributed by atoms with E-state index >= 15 is 0 Å². The van der Waals surface area contributed by atoms with Crippen molar-refractivity contribution in [1.82, 2.24) is 0 Å². The first-order valence-electron chi connectivity index (χ1n) is 4.92. The molecule has 0 radical (unpaired) electrons. The van der Waals surface area contributed by atoms with Crippen molar-refractivity contribution < 1.29 is 4.42 Å². The van der Waals surface area contributed by atoms with Crippen molar-refractivity contribution in [3.05, 3.63) is 59.0 Å². The van der Waals surface area contributed by atoms with Crippen LogP contribution in [0.1, 0.15) is 27.6 Å². The SMILES string of the molecule is Cc1ccc(C)c(C(Cl)c2ccoc2)c1. The van der Waals surface area contributed by atoms with Crippen LogP contribution in [0.2, 0.25) is 0 Å². The molecule has 0 aliphatic rings. The summed E-state index contributed by atoms with van der Waals surface area (Å²) in [6.45, 7) is 4.14. The zero-order chi connectivity index (χ0) is 10.8. The minimum atomic E-state index is -0.122. The van der Waals surface area contributed by atoms with Gasteiger partial charge in [0, 0.05) is 5.56 Å². The summed E-state index contributed by atoms with van der Waals surface area (Å²) in [5.74, 6) is 0. The van der Waals surface area contributed by atoms with Crippen LogP contribution < -0.4 is 0 Å². The van der Waals surface area contributed by atoms with Gasteiger partial charge in [-0.2, -0.15) is 0 Å². The molecule has 1 atom stereocenters. The van der Waals surface area contributed by atoms with Gasteiger partial charge >= 0.3 is 0 Å². The van der Waals surface area contributed by atoms with E-state index in [2.05, 4.69) is 32.0 Å². The van der Waals surface area contributed by atoms with Crippen molar-refractivity contribution in [3.8, 4) is 0 Å². The topological polar surface area (TPSA) is 13.1 Å². The lowest BCUT2D eigenvalue weighted by Gasteiger charge is -2.11. The van der Waals surface area contributed by atoms with E-state index in [1.54, 1.807) is 12.5 Å². The summed E-state index contributed by atoms with van der Waals surface area (Å²) in [5, 5.41) is -0.122. The highest BCUT2D eigenvalue weighted by Gasteiger charge is 2.14. The Morgan fingerprint density at radius 1 is 1.20 bits per heavy atom. The second-order valence-corrected chi connectivity index (χ2v) is 4.22. The molecule has 1 aromatic carbocycles. The number of aryl methyl sites for hydroxylation is 2. The number of hydrogen-bond donors (Lipinski definition) is 0. The van der Waals surface area contributed by atoms with Gasteiger partial charge in [-0.05, 0) is 31.0 Å². The van der Waals surface area contributed by atoms with Crippen LogP contribution in [-0.2, 0) is 0 Å². The number of benzene rings is 1. The summed E-state index contributed by atoms with van der Waals surface area (Å²) >= 11 is 6.39. The van der Waals surface area contributed by atoms with E-state index in [1.165, 1.54) is 11.1 Å². The van der Waals surface area contributed by atoms with Crippen LogP contribution in [0.15, 0.2) is 41.2 Å². The molecule has 0 fully saturated rings. The van der Waals surface area contributed by atoms with Crippen LogP contribution in [-0.4, -0.2) is 0 Å². The lowest BCUT2D eigenvalue weighted by Crippen LogP contribution is -1.95. The highest BCUT2D eigenvalue weighted by atomic mass is 35.5. The predicted molar refractivity (Wildman–Crippen MR) is 62.3 cm³/mol. The summed E-state index contributed by atoms with van der Waals surface area (Å²) < 4.78 is 5.04. The highest BCUT2D eigenvalue weighted by Crippen LogP contribution is 2.31. The number of alkyl halides is 1. The first kappa shape index (κ1) is 10.3. The van der Waals surface area contributed by atoms with Gasteiger partial charge < -0.3 is 4.42 Å². The molecule has 0 saturated heterocycles. The number of hydrogen-bond acceptors (Lipinski definition) is 1. The first-order valence-corrected chi connectivity index (χ1v) is 5.35. The molecular weight excluding hydrogens is 208 g/mol. The van der Waals surface area contributed by atoms with E-state index in [1.807, 2.05) is 6.07 Å². The lowest BCUT2D eigenvalue weighted by atomic mass is 10.00. The van der Waals surface area contributed by atoms with Gasteiger partial charge in [0.1, 0.15) is 0 Å². The van der Waals surface area contributed by atoms with Gasteiger partial charge in [0.25, 0.3) is 0 Å². The van der Waals surface area contributed by atoms with Gasteiger partial charge in [-0.25, -0.2) is 0 Å². The molecule has 2 aromatic rings. The second kappa shape index (κ2) is 4.11. The average Bonchev–Trinajstić information content (AvgIpc) is 2.74. The zero-order valence-electron chi connectivity index (χ0n) is 8.83. The molecule has 1 unspecified atom stereocenters. The van der Waals surface area contributed by atoms with Gasteiger partial charge in [0.2, 0.25) is 0 Å². The fraction of sp³-hybridized carbons (Fsp3) is 0.231. The maximum absolute atomic E-state index is 6.39. The van der Waals surface area contributed by atoms with Gasteiger partial charge in [0.15, 0.2) is 0 Å². The Morgan fingerprint density at radius 2 is 2.00 bits per heavy atom. The van der Waals surface area contributed by atoms with Crippen LogP contribution in [0.3, 0.4) is 0 Å². The minimum absolute atomic E-state index is 0.122. The predicted octanol–water partition coefficient (Wildman–Crippen LogP) is 4.22. The molecule has 1 heterocycles. The van der Waals surface area contributed by atoms with Gasteiger partial charge in [0.05, 0.1) is 17.9 Å². The van der Waals surface area contributed by atoms with E-state index in [4.69, 9.17) is 16.0 Å². The molecule has 0 N–H and O–H groups in total. The molecule has 2 heteroatoms. The van der Waals surface area contributed by atoms with Crippen molar-refractivity contribution in [2.24, 2.45) is 0 Å². The Kier molecular flexibility index (Phi) is 2.83. The molecule has 2 rings (SSSR count). The molecule has 0 bridgehead atoms. The van der Waals surface area contributed by atoms with E-state index in [0.29, 0.717) is 0 Å². The average molecular weight is 221 g/mol. The van der Waals surface area contributed by atoms with Crippen molar-refractivity contribution in [3.63, 3.8) is 0 Å². The molecule has 78 valence electrons. The molecule has 0 aliphatic heterocycles. The van der Waals surface area contributed by atoms with Crippen molar-refractivity contribution in [1.29, 1.82) is 0 Å². The quantitative estimate of drug-likeness (QED) is 0.691. The molecule has 1 nitrogen and oxygen atoms in total. The lowest BCUT2D eigenvalue weighted by molar-refractivity contribution is 0.564. The molecule has 0 aliphatic carbocycles. The Labute approximate surface area is 94.7 Å². The molecule has 0 spiro atoms. The van der Waals surface area contributed by atoms with E-state index in [0.717, 1.165) is 11.1 Å². The van der Waals surface area contributed by atoms with Crippen LogP contribution in [0.4, 0.5) is 0 Å². The van der Waals surface area contributed by atoms with Crippen LogP contribution in [0, 0.1) is 13.8 Å². The van der Waals surface area contributed by atoms with Gasteiger partial charge in [-0.1, -0.05) is 23.8 Å². The Morgan fingerprint density at radius 3 is 2.67 bits per heavy atom. The summed E-state index contributed by atoms with van der Waals surface area (Å²) in [5.41, 5.74) is 4.59. The van der Waals surface area contributed by atoms with E-state index < -0.39 is 0 Å². The Hall–Kier alpha value is -1.21. The molecule has 0 amide bonds. The minimum Gasteiger partial charge on any atom is -0.472 e. The van der Waals surface area contributed by atoms with Crippen LogP contribution >= 0.6 is 11.6 Å². The fourth-order valence-corrected chi connectivity index (χ4v) is 1.99. The summed E-state index contributed by atoms with van der Waals surface area (Å²) in [6, 6.07) is 8.22. The summed E-state index contributed by atoms with van der Waals surface area (Å²) in [4.78, 5) is 0. The number of rotatable bonds is 2. The second-order valence-electron chi connectivity index (χ2n) is 3.78. The summed E-state index contributed by atoms with van der Waals surface area (Å²) in [7, 11) is 0. The maximum atomic E-state index is 6.39. The zero-order valence-corrected chi connectivity index (χ0v) is 9.58. The molecule has 15 heavy (non-hydrogen) atoms. The monoisotopic (exact) mass is 220 g/mol. The Bertz CT molecular complexity index is 446. The van der Waals surface area contributed by atoms with Crippen molar-refractivity contribution >= 4 is 11.6 Å². The van der Waals surface area contributed by atoms with Crippen molar-refractivity contribution in [2.45, 2.75) is 19.2 Å². The van der Waals surface area contributed by atoms with E-state index in [9.17, 15) is 0 Å². The number of halogens is 1. The van der Waals surface area contributed by atoms with E-state index in [-0.39, 0.29) is 5.38 Å².